The van der Waals surface area contributed by atoms with Crippen LogP contribution in [0.25, 0.3) is 0 Å². The molecule has 1 unspecified atom stereocenters. The molecule has 0 spiro atoms. The summed E-state index contributed by atoms with van der Waals surface area (Å²) in [7, 11) is 0. The second-order valence-electron chi connectivity index (χ2n) is 8.15. The van der Waals surface area contributed by atoms with Crippen LogP contribution in [-0.2, 0) is 9.59 Å². The molecule has 8 heteroatoms. The molecular weight excluding hydrogens is 416 g/mol. The Morgan fingerprint density at radius 3 is 2.30 bits per heavy atom. The number of rotatable bonds is 10. The highest BCUT2D eigenvalue weighted by atomic mass is 16.2. The summed E-state index contributed by atoms with van der Waals surface area (Å²) in [5.74, 6) is -1.17. The van der Waals surface area contributed by atoms with E-state index in [-0.39, 0.29) is 6.04 Å². The Labute approximate surface area is 197 Å². The minimum Gasteiger partial charge on any atom is -0.369 e. The predicted octanol–water partition coefficient (Wildman–Crippen LogP) is 1.52. The molecule has 2 N–H and O–H groups in total. The van der Waals surface area contributed by atoms with Crippen LogP contribution in [0.2, 0.25) is 0 Å². The summed E-state index contributed by atoms with van der Waals surface area (Å²) >= 11 is 0. The molecule has 178 valence electrons. The average Bonchev–Trinajstić information content (AvgIpc) is 2.88. The van der Waals surface area contributed by atoms with Crippen molar-refractivity contribution in [2.45, 2.75) is 19.9 Å². The molecule has 1 aliphatic heterocycles. The van der Waals surface area contributed by atoms with Crippen molar-refractivity contribution in [3.63, 3.8) is 0 Å². The Hall–Kier alpha value is -2.97. The molecule has 1 aromatic carbocycles. The van der Waals surface area contributed by atoms with Crippen LogP contribution < -0.4 is 15.5 Å². The van der Waals surface area contributed by atoms with Gasteiger partial charge in [0.1, 0.15) is 0 Å². The number of piperazine rings is 1. The molecule has 1 saturated heterocycles. The standard InChI is InChI=1S/C25H36N6O2/c1-3-29(4-2)14-13-27-24(32)25(33)28-20-23(21-9-8-12-26-19-21)31-17-15-30(16-18-31)22-10-6-5-7-11-22/h5-12,19,23H,3-4,13-18,20H2,1-2H3,(H,27,32)(H,28,33). The third-order valence-corrected chi connectivity index (χ3v) is 6.22. The molecule has 1 fully saturated rings. The molecule has 0 bridgehead atoms. The Balaban J connectivity index is 1.55. The number of hydrogen-bond donors (Lipinski definition) is 2. The Kier molecular flexibility index (Phi) is 9.65. The number of para-hydroxylation sites is 1. The van der Waals surface area contributed by atoms with Crippen molar-refractivity contribution in [1.82, 2.24) is 25.4 Å². The molecule has 2 heterocycles. The first-order valence-electron chi connectivity index (χ1n) is 11.8. The lowest BCUT2D eigenvalue weighted by Gasteiger charge is -2.40. The summed E-state index contributed by atoms with van der Waals surface area (Å²) in [4.78, 5) is 35.9. The van der Waals surface area contributed by atoms with E-state index in [0.29, 0.717) is 13.1 Å². The minimum atomic E-state index is -0.591. The SMILES string of the molecule is CCN(CC)CCNC(=O)C(=O)NCC(c1cccnc1)N1CCN(c2ccccc2)CC1. The lowest BCUT2D eigenvalue weighted by molar-refractivity contribution is -0.139. The number of nitrogens with zero attached hydrogens (tertiary/aromatic N) is 4. The number of benzene rings is 1. The van der Waals surface area contributed by atoms with Crippen LogP contribution in [-0.4, -0.2) is 85.5 Å². The summed E-state index contributed by atoms with van der Waals surface area (Å²) < 4.78 is 0. The number of nitrogens with one attached hydrogen (secondary N) is 2. The maximum Gasteiger partial charge on any atom is 0.309 e. The van der Waals surface area contributed by atoms with Crippen molar-refractivity contribution in [3.8, 4) is 0 Å². The van der Waals surface area contributed by atoms with Gasteiger partial charge in [-0.2, -0.15) is 0 Å². The minimum absolute atomic E-state index is 0.0379. The van der Waals surface area contributed by atoms with Gasteiger partial charge in [0, 0.05) is 63.9 Å². The van der Waals surface area contributed by atoms with Crippen molar-refractivity contribution in [2.75, 3.05) is 63.8 Å². The van der Waals surface area contributed by atoms with E-state index in [9.17, 15) is 9.59 Å². The zero-order valence-corrected chi connectivity index (χ0v) is 19.7. The first-order valence-corrected chi connectivity index (χ1v) is 11.8. The van der Waals surface area contributed by atoms with Gasteiger partial charge in [0.05, 0.1) is 6.04 Å². The Morgan fingerprint density at radius 2 is 1.67 bits per heavy atom. The highest BCUT2D eigenvalue weighted by molar-refractivity contribution is 6.35. The van der Waals surface area contributed by atoms with E-state index < -0.39 is 11.8 Å². The maximum absolute atomic E-state index is 12.4. The van der Waals surface area contributed by atoms with Gasteiger partial charge in [-0.25, -0.2) is 0 Å². The van der Waals surface area contributed by atoms with Crippen LogP contribution >= 0.6 is 0 Å². The Morgan fingerprint density at radius 1 is 0.970 bits per heavy atom. The monoisotopic (exact) mass is 452 g/mol. The lowest BCUT2D eigenvalue weighted by atomic mass is 10.1. The molecule has 1 atom stereocenters. The van der Waals surface area contributed by atoms with Crippen LogP contribution in [0.15, 0.2) is 54.9 Å². The summed E-state index contributed by atoms with van der Waals surface area (Å²) in [6.07, 6.45) is 3.58. The fourth-order valence-electron chi connectivity index (χ4n) is 4.18. The van der Waals surface area contributed by atoms with E-state index in [1.165, 1.54) is 5.69 Å². The van der Waals surface area contributed by atoms with E-state index in [1.54, 1.807) is 6.20 Å². The third kappa shape index (κ3) is 7.27. The van der Waals surface area contributed by atoms with Crippen molar-refractivity contribution >= 4 is 17.5 Å². The number of aromatic nitrogens is 1. The van der Waals surface area contributed by atoms with Crippen LogP contribution in [0.3, 0.4) is 0 Å². The molecule has 2 amide bonds. The maximum atomic E-state index is 12.4. The van der Waals surface area contributed by atoms with Crippen LogP contribution in [0.5, 0.6) is 0 Å². The van der Waals surface area contributed by atoms with E-state index >= 15 is 0 Å². The largest absolute Gasteiger partial charge is 0.369 e. The van der Waals surface area contributed by atoms with Gasteiger partial charge in [0.15, 0.2) is 0 Å². The molecule has 1 aromatic heterocycles. The van der Waals surface area contributed by atoms with Gasteiger partial charge in [-0.1, -0.05) is 38.1 Å². The second-order valence-corrected chi connectivity index (χ2v) is 8.15. The number of hydrogen-bond acceptors (Lipinski definition) is 6. The van der Waals surface area contributed by atoms with Crippen molar-refractivity contribution in [2.24, 2.45) is 0 Å². The van der Waals surface area contributed by atoms with Gasteiger partial charge in [0.25, 0.3) is 0 Å². The lowest BCUT2D eigenvalue weighted by Crippen LogP contribution is -2.51. The predicted molar refractivity (Wildman–Crippen MR) is 131 cm³/mol. The number of pyridine rings is 1. The van der Waals surface area contributed by atoms with Crippen LogP contribution in [0, 0.1) is 0 Å². The first-order chi connectivity index (χ1) is 16.1. The van der Waals surface area contributed by atoms with Crippen LogP contribution in [0.4, 0.5) is 5.69 Å². The fraction of sp³-hybridized carbons (Fsp3) is 0.480. The highest BCUT2D eigenvalue weighted by Gasteiger charge is 2.26. The molecule has 33 heavy (non-hydrogen) atoms. The van der Waals surface area contributed by atoms with Gasteiger partial charge in [0.2, 0.25) is 0 Å². The summed E-state index contributed by atoms with van der Waals surface area (Å²) in [6.45, 7) is 11.1. The van der Waals surface area contributed by atoms with Crippen molar-refractivity contribution < 1.29 is 9.59 Å². The molecule has 0 saturated carbocycles. The van der Waals surface area contributed by atoms with Gasteiger partial charge < -0.3 is 20.4 Å². The summed E-state index contributed by atoms with van der Waals surface area (Å²) in [5, 5.41) is 5.56. The molecule has 8 nitrogen and oxygen atoms in total. The number of anilines is 1. The zero-order valence-electron chi connectivity index (χ0n) is 19.7. The molecular formula is C25H36N6O2. The van der Waals surface area contributed by atoms with Gasteiger partial charge in [-0.05, 0) is 36.9 Å². The molecule has 0 radical (unpaired) electrons. The Bertz CT molecular complexity index is 852. The molecule has 2 aromatic rings. The molecule has 0 aliphatic carbocycles. The number of carbonyl (C=O) groups excluding carboxylic acids is 2. The summed E-state index contributed by atoms with van der Waals surface area (Å²) in [5.41, 5.74) is 2.26. The van der Waals surface area contributed by atoms with Crippen LogP contribution in [0.1, 0.15) is 25.5 Å². The molecule has 1 aliphatic rings. The number of carbonyl (C=O) groups is 2. The van der Waals surface area contributed by atoms with Gasteiger partial charge in [-0.3, -0.25) is 19.5 Å². The smallest absolute Gasteiger partial charge is 0.309 e. The zero-order chi connectivity index (χ0) is 23.5. The van der Waals surface area contributed by atoms with E-state index in [0.717, 1.165) is 51.4 Å². The quantitative estimate of drug-likeness (QED) is 0.532. The third-order valence-electron chi connectivity index (χ3n) is 6.22. The topological polar surface area (TPSA) is 80.8 Å². The van der Waals surface area contributed by atoms with Gasteiger partial charge in [-0.15, -0.1) is 0 Å². The fourth-order valence-corrected chi connectivity index (χ4v) is 4.18. The van der Waals surface area contributed by atoms with Gasteiger partial charge >= 0.3 is 11.8 Å². The summed E-state index contributed by atoms with van der Waals surface area (Å²) in [6, 6.07) is 14.3. The van der Waals surface area contributed by atoms with E-state index in [2.05, 4.69) is 68.4 Å². The average molecular weight is 453 g/mol. The number of amides is 2. The van der Waals surface area contributed by atoms with Crippen molar-refractivity contribution in [3.05, 3.63) is 60.4 Å². The molecule has 3 rings (SSSR count). The highest BCUT2D eigenvalue weighted by Crippen LogP contribution is 2.23. The first kappa shape index (κ1) is 24.7. The van der Waals surface area contributed by atoms with E-state index in [1.807, 2.05) is 24.4 Å². The normalized spacial score (nSPS) is 15.3. The van der Waals surface area contributed by atoms with E-state index in [4.69, 9.17) is 0 Å². The number of likely N-dealkylation sites (N-methyl/N-ethyl adjacent to an activating group) is 1. The second kappa shape index (κ2) is 12.9. The van der Waals surface area contributed by atoms with Crippen molar-refractivity contribution in [1.29, 1.82) is 0 Å².